The fourth-order valence-electron chi connectivity index (χ4n) is 2.85. The average molecular weight is 268 g/mol. The van der Waals surface area contributed by atoms with Gasteiger partial charge in [0.25, 0.3) is 0 Å². The third-order valence-corrected chi connectivity index (χ3v) is 4.38. The van der Waals surface area contributed by atoms with E-state index in [2.05, 4.69) is 10.6 Å². The highest BCUT2D eigenvalue weighted by Gasteiger charge is 2.42. The van der Waals surface area contributed by atoms with Crippen molar-refractivity contribution in [1.82, 2.24) is 10.6 Å². The summed E-state index contributed by atoms with van der Waals surface area (Å²) in [6.07, 6.45) is 6.18. The second-order valence-electron chi connectivity index (χ2n) is 6.10. The minimum atomic E-state index is -0.533. The predicted octanol–water partition coefficient (Wildman–Crippen LogP) is 0.570. The van der Waals surface area contributed by atoms with Crippen molar-refractivity contribution in [1.29, 1.82) is 0 Å². The number of nitrogens with one attached hydrogen (secondary N) is 2. The molecule has 2 aliphatic rings. The molecule has 0 aromatic heterocycles. The van der Waals surface area contributed by atoms with Gasteiger partial charge < -0.3 is 15.7 Å². The Morgan fingerprint density at radius 2 is 1.84 bits per heavy atom. The van der Waals surface area contributed by atoms with E-state index in [1.165, 1.54) is 0 Å². The molecule has 0 spiro atoms. The lowest BCUT2D eigenvalue weighted by Crippen LogP contribution is -2.53. The Balaban J connectivity index is 1.73. The maximum Gasteiger partial charge on any atom is 0.239 e. The molecule has 1 atom stereocenters. The molecule has 2 rings (SSSR count). The summed E-state index contributed by atoms with van der Waals surface area (Å²) in [6.45, 7) is 1.82. The van der Waals surface area contributed by atoms with Crippen LogP contribution in [0.2, 0.25) is 0 Å². The standard InChI is InChI=1S/C14H24N2O3/c1-14(9-17,11-6-7-11)16-12(18)8-15-13(19)10-4-2-3-5-10/h10-11,17H,2-9H2,1H3,(H,15,19)(H,16,18). The van der Waals surface area contributed by atoms with Gasteiger partial charge in [-0.05, 0) is 38.5 Å². The first-order valence-electron chi connectivity index (χ1n) is 7.25. The van der Waals surface area contributed by atoms with Gasteiger partial charge in [0.15, 0.2) is 0 Å². The highest BCUT2D eigenvalue weighted by atomic mass is 16.3. The number of amides is 2. The van der Waals surface area contributed by atoms with Gasteiger partial charge in [-0.2, -0.15) is 0 Å². The highest BCUT2D eigenvalue weighted by Crippen LogP contribution is 2.39. The van der Waals surface area contributed by atoms with E-state index in [1.54, 1.807) is 0 Å². The summed E-state index contributed by atoms with van der Waals surface area (Å²) >= 11 is 0. The molecule has 0 aliphatic heterocycles. The summed E-state index contributed by atoms with van der Waals surface area (Å²) in [7, 11) is 0. The van der Waals surface area contributed by atoms with Crippen LogP contribution < -0.4 is 10.6 Å². The minimum absolute atomic E-state index is 0.00947. The fourth-order valence-corrected chi connectivity index (χ4v) is 2.85. The van der Waals surface area contributed by atoms with E-state index in [9.17, 15) is 14.7 Å². The molecule has 0 heterocycles. The van der Waals surface area contributed by atoms with Crippen LogP contribution in [0, 0.1) is 11.8 Å². The first kappa shape index (κ1) is 14.3. The normalized spacial score (nSPS) is 22.8. The third-order valence-electron chi connectivity index (χ3n) is 4.38. The van der Waals surface area contributed by atoms with Crippen LogP contribution in [0.25, 0.3) is 0 Å². The third kappa shape index (κ3) is 3.69. The van der Waals surface area contributed by atoms with Crippen LogP contribution in [0.1, 0.15) is 45.4 Å². The molecule has 5 nitrogen and oxygen atoms in total. The second kappa shape index (κ2) is 5.90. The zero-order chi connectivity index (χ0) is 13.9. The van der Waals surface area contributed by atoms with Crippen LogP contribution in [-0.4, -0.2) is 35.6 Å². The molecule has 0 bridgehead atoms. The van der Waals surface area contributed by atoms with Crippen LogP contribution in [0.3, 0.4) is 0 Å². The smallest absolute Gasteiger partial charge is 0.239 e. The monoisotopic (exact) mass is 268 g/mol. The largest absolute Gasteiger partial charge is 0.394 e. The Labute approximate surface area is 114 Å². The summed E-state index contributed by atoms with van der Waals surface area (Å²) in [5, 5.41) is 14.9. The van der Waals surface area contributed by atoms with Gasteiger partial charge in [-0.15, -0.1) is 0 Å². The van der Waals surface area contributed by atoms with Crippen LogP contribution in [0.4, 0.5) is 0 Å². The van der Waals surface area contributed by atoms with Crippen molar-refractivity contribution in [3.63, 3.8) is 0 Å². The summed E-state index contributed by atoms with van der Waals surface area (Å²) in [5.74, 6) is 0.229. The zero-order valence-corrected chi connectivity index (χ0v) is 11.6. The molecular weight excluding hydrogens is 244 g/mol. The average Bonchev–Trinajstić information content (AvgIpc) is 3.12. The van der Waals surface area contributed by atoms with Crippen molar-refractivity contribution in [2.45, 2.75) is 51.0 Å². The van der Waals surface area contributed by atoms with Crippen LogP contribution in [0.15, 0.2) is 0 Å². The van der Waals surface area contributed by atoms with E-state index < -0.39 is 5.54 Å². The van der Waals surface area contributed by atoms with Gasteiger partial charge in [0.2, 0.25) is 11.8 Å². The zero-order valence-electron chi connectivity index (χ0n) is 11.6. The lowest BCUT2D eigenvalue weighted by molar-refractivity contribution is -0.129. The maximum absolute atomic E-state index is 11.8. The van der Waals surface area contributed by atoms with Crippen molar-refractivity contribution in [3.05, 3.63) is 0 Å². The number of carbonyl (C=O) groups is 2. The van der Waals surface area contributed by atoms with Crippen LogP contribution in [-0.2, 0) is 9.59 Å². The quantitative estimate of drug-likeness (QED) is 0.659. The molecule has 2 amide bonds. The number of rotatable bonds is 6. The number of hydrogen-bond donors (Lipinski definition) is 3. The molecule has 2 aliphatic carbocycles. The van der Waals surface area contributed by atoms with Gasteiger partial charge in [0, 0.05) is 5.92 Å². The van der Waals surface area contributed by atoms with Gasteiger partial charge in [-0.25, -0.2) is 0 Å². The maximum atomic E-state index is 11.8. The number of aliphatic hydroxyl groups is 1. The Morgan fingerprint density at radius 1 is 1.21 bits per heavy atom. The Hall–Kier alpha value is -1.10. The van der Waals surface area contributed by atoms with Crippen LogP contribution in [0.5, 0.6) is 0 Å². The molecule has 19 heavy (non-hydrogen) atoms. The molecule has 1 unspecified atom stereocenters. The molecule has 5 heteroatoms. The number of aliphatic hydroxyl groups excluding tert-OH is 1. The number of carbonyl (C=O) groups excluding carboxylic acids is 2. The fraction of sp³-hybridized carbons (Fsp3) is 0.857. The Bertz CT molecular complexity index is 349. The summed E-state index contributed by atoms with van der Waals surface area (Å²) < 4.78 is 0. The number of hydrogen-bond acceptors (Lipinski definition) is 3. The molecule has 0 aromatic rings. The lowest BCUT2D eigenvalue weighted by atomic mass is 9.97. The minimum Gasteiger partial charge on any atom is -0.394 e. The SMILES string of the molecule is CC(CO)(NC(=O)CNC(=O)C1CCCC1)C1CC1. The molecule has 0 saturated heterocycles. The van der Waals surface area contributed by atoms with Gasteiger partial charge in [-0.3, -0.25) is 9.59 Å². The first-order chi connectivity index (χ1) is 9.05. The van der Waals surface area contributed by atoms with Crippen molar-refractivity contribution in [2.75, 3.05) is 13.2 Å². The van der Waals surface area contributed by atoms with E-state index in [0.29, 0.717) is 5.92 Å². The Morgan fingerprint density at radius 3 is 2.37 bits per heavy atom. The molecule has 108 valence electrons. The molecule has 0 radical (unpaired) electrons. The predicted molar refractivity (Wildman–Crippen MR) is 71.3 cm³/mol. The summed E-state index contributed by atoms with van der Waals surface area (Å²) in [4.78, 5) is 23.6. The van der Waals surface area contributed by atoms with Gasteiger partial charge in [0.05, 0.1) is 18.7 Å². The van der Waals surface area contributed by atoms with Gasteiger partial charge in [-0.1, -0.05) is 12.8 Å². The van der Waals surface area contributed by atoms with Crippen molar-refractivity contribution < 1.29 is 14.7 Å². The molecular formula is C14H24N2O3. The van der Waals surface area contributed by atoms with E-state index >= 15 is 0 Å². The molecule has 2 fully saturated rings. The molecule has 2 saturated carbocycles. The van der Waals surface area contributed by atoms with Crippen molar-refractivity contribution >= 4 is 11.8 Å². The highest BCUT2D eigenvalue weighted by molar-refractivity contribution is 5.86. The van der Waals surface area contributed by atoms with E-state index in [4.69, 9.17) is 0 Å². The molecule has 3 N–H and O–H groups in total. The van der Waals surface area contributed by atoms with Crippen molar-refractivity contribution in [2.24, 2.45) is 11.8 Å². The summed E-state index contributed by atoms with van der Waals surface area (Å²) in [6, 6.07) is 0. The first-order valence-corrected chi connectivity index (χ1v) is 7.25. The van der Waals surface area contributed by atoms with Gasteiger partial charge in [0.1, 0.15) is 0 Å². The van der Waals surface area contributed by atoms with E-state index in [-0.39, 0.29) is 30.9 Å². The topological polar surface area (TPSA) is 78.4 Å². The van der Waals surface area contributed by atoms with E-state index in [0.717, 1.165) is 38.5 Å². The van der Waals surface area contributed by atoms with Gasteiger partial charge >= 0.3 is 0 Å². The summed E-state index contributed by atoms with van der Waals surface area (Å²) in [5.41, 5.74) is -0.533. The van der Waals surface area contributed by atoms with Crippen LogP contribution >= 0.6 is 0 Å². The lowest BCUT2D eigenvalue weighted by Gasteiger charge is -2.28. The molecule has 0 aromatic carbocycles. The van der Waals surface area contributed by atoms with Crippen molar-refractivity contribution in [3.8, 4) is 0 Å². The van der Waals surface area contributed by atoms with E-state index in [1.807, 2.05) is 6.92 Å². The second-order valence-corrected chi connectivity index (χ2v) is 6.10. The Kier molecular flexibility index (Phi) is 4.45.